The predicted octanol–water partition coefficient (Wildman–Crippen LogP) is 3.67. The molecule has 0 saturated heterocycles. The fourth-order valence-electron chi connectivity index (χ4n) is 2.33. The maximum absolute atomic E-state index is 12.4. The third-order valence-corrected chi connectivity index (χ3v) is 3.45. The summed E-state index contributed by atoms with van der Waals surface area (Å²) in [6.07, 6.45) is 1.84. The molecule has 0 spiro atoms. The van der Waals surface area contributed by atoms with E-state index in [1.54, 1.807) is 0 Å². The van der Waals surface area contributed by atoms with Crippen molar-refractivity contribution >= 4 is 11.7 Å². The van der Waals surface area contributed by atoms with Gasteiger partial charge in [0, 0.05) is 18.3 Å². The van der Waals surface area contributed by atoms with Gasteiger partial charge in [0.25, 0.3) is 0 Å². The topological polar surface area (TPSA) is 64.3 Å². The molecule has 0 unspecified atom stereocenters. The molecular weight excluding hydrogens is 288 g/mol. The van der Waals surface area contributed by atoms with Crippen LogP contribution in [0.15, 0.2) is 35.9 Å². The van der Waals surface area contributed by atoms with E-state index in [9.17, 15) is 4.79 Å². The highest BCUT2D eigenvalue weighted by Crippen LogP contribution is 2.19. The van der Waals surface area contributed by atoms with Crippen molar-refractivity contribution in [2.24, 2.45) is 5.92 Å². The molecule has 0 saturated carbocycles. The summed E-state index contributed by atoms with van der Waals surface area (Å²) in [7, 11) is 0. The number of benzene rings is 1. The monoisotopic (exact) mass is 318 g/mol. The van der Waals surface area contributed by atoms with Gasteiger partial charge in [0.2, 0.25) is 0 Å². The summed E-state index contributed by atoms with van der Waals surface area (Å²) in [4.78, 5) is 12.4. The maximum Gasteiger partial charge on any atom is 0.335 e. The summed E-state index contributed by atoms with van der Waals surface area (Å²) in [5, 5.41) is 3.46. The Morgan fingerprint density at radius 1 is 1.26 bits per heavy atom. The van der Waals surface area contributed by atoms with Gasteiger partial charge in [-0.2, -0.15) is 0 Å². The number of nitrogens with two attached hydrogens (primary N) is 1. The normalized spacial score (nSPS) is 14.0. The second kappa shape index (κ2) is 8.16. The van der Waals surface area contributed by atoms with Gasteiger partial charge in [-0.25, -0.2) is 4.79 Å². The maximum atomic E-state index is 12.4. The summed E-state index contributed by atoms with van der Waals surface area (Å²) in [6, 6.07) is 7.68. The average Bonchev–Trinajstić information content (AvgIpc) is 2.42. The van der Waals surface area contributed by atoms with Gasteiger partial charge >= 0.3 is 5.97 Å². The second-order valence-electron chi connectivity index (χ2n) is 7.09. The Balaban J connectivity index is 2.83. The van der Waals surface area contributed by atoms with Gasteiger partial charge in [0.1, 0.15) is 5.60 Å². The van der Waals surface area contributed by atoms with Gasteiger partial charge < -0.3 is 15.8 Å². The number of carbonyl (C=O) groups is 1. The van der Waals surface area contributed by atoms with Gasteiger partial charge in [-0.3, -0.25) is 0 Å². The standard InChI is InChI=1S/C19H30N2O2/c1-7-16(18(22)23-19(4,5)6)17(13(2)3)21-12-14-8-10-15(20)11-9-14/h7-11,13,17,21H,12,20H2,1-6H3/b16-7-/t17-/m1/s1. The lowest BCUT2D eigenvalue weighted by atomic mass is 9.95. The highest BCUT2D eigenvalue weighted by Gasteiger charge is 2.27. The zero-order chi connectivity index (χ0) is 17.6. The Morgan fingerprint density at radius 3 is 2.26 bits per heavy atom. The molecule has 128 valence electrons. The van der Waals surface area contributed by atoms with Crippen molar-refractivity contribution < 1.29 is 9.53 Å². The van der Waals surface area contributed by atoms with Crippen molar-refractivity contribution in [3.05, 3.63) is 41.5 Å². The fourth-order valence-corrected chi connectivity index (χ4v) is 2.33. The van der Waals surface area contributed by atoms with Crippen LogP contribution < -0.4 is 11.1 Å². The molecule has 1 rings (SSSR count). The average molecular weight is 318 g/mol. The van der Waals surface area contributed by atoms with E-state index in [4.69, 9.17) is 10.5 Å². The molecule has 23 heavy (non-hydrogen) atoms. The number of rotatable bonds is 6. The van der Waals surface area contributed by atoms with Crippen LogP contribution in [0.3, 0.4) is 0 Å². The van der Waals surface area contributed by atoms with Gasteiger partial charge in [-0.05, 0) is 51.3 Å². The molecule has 0 radical (unpaired) electrons. The van der Waals surface area contributed by atoms with Gasteiger partial charge in [0.05, 0.1) is 5.57 Å². The molecular formula is C19H30N2O2. The van der Waals surface area contributed by atoms with Crippen molar-refractivity contribution in [3.63, 3.8) is 0 Å². The van der Waals surface area contributed by atoms with Crippen LogP contribution in [0, 0.1) is 5.92 Å². The number of hydrogen-bond acceptors (Lipinski definition) is 4. The number of nitrogens with one attached hydrogen (secondary N) is 1. The first-order chi connectivity index (χ1) is 10.6. The SMILES string of the molecule is C/C=C(\C(=O)OC(C)(C)C)[C@H](NCc1ccc(N)cc1)C(C)C. The summed E-state index contributed by atoms with van der Waals surface area (Å²) < 4.78 is 5.53. The largest absolute Gasteiger partial charge is 0.457 e. The zero-order valence-corrected chi connectivity index (χ0v) is 15.1. The number of nitrogen functional groups attached to an aromatic ring is 1. The van der Waals surface area contributed by atoms with Crippen LogP contribution in [-0.4, -0.2) is 17.6 Å². The summed E-state index contributed by atoms with van der Waals surface area (Å²) in [5.74, 6) is 0.00556. The highest BCUT2D eigenvalue weighted by molar-refractivity contribution is 5.90. The fraction of sp³-hybridized carbons (Fsp3) is 0.526. The second-order valence-corrected chi connectivity index (χ2v) is 7.09. The predicted molar refractivity (Wildman–Crippen MR) is 95.9 cm³/mol. The van der Waals surface area contributed by atoms with Gasteiger partial charge in [0.15, 0.2) is 0 Å². The van der Waals surface area contributed by atoms with E-state index in [0.29, 0.717) is 12.1 Å². The van der Waals surface area contributed by atoms with Crippen LogP contribution in [0.4, 0.5) is 5.69 Å². The van der Waals surface area contributed by atoms with Crippen LogP contribution in [0.5, 0.6) is 0 Å². The Kier molecular flexibility index (Phi) is 6.82. The van der Waals surface area contributed by atoms with E-state index in [0.717, 1.165) is 11.3 Å². The lowest BCUT2D eigenvalue weighted by Crippen LogP contribution is -2.39. The van der Waals surface area contributed by atoms with E-state index in [2.05, 4.69) is 19.2 Å². The molecule has 0 heterocycles. The molecule has 0 aliphatic heterocycles. The van der Waals surface area contributed by atoms with Crippen LogP contribution in [0.2, 0.25) is 0 Å². The van der Waals surface area contributed by atoms with E-state index < -0.39 is 5.60 Å². The van der Waals surface area contributed by atoms with Crippen molar-refractivity contribution in [2.45, 2.75) is 59.7 Å². The quantitative estimate of drug-likeness (QED) is 0.477. The number of esters is 1. The third kappa shape index (κ3) is 6.45. The van der Waals surface area contributed by atoms with E-state index in [-0.39, 0.29) is 17.9 Å². The Bertz CT molecular complexity index is 539. The van der Waals surface area contributed by atoms with E-state index in [1.807, 2.05) is 58.0 Å². The minimum atomic E-state index is -0.496. The Hall–Kier alpha value is -1.81. The minimum Gasteiger partial charge on any atom is -0.457 e. The van der Waals surface area contributed by atoms with Crippen LogP contribution in [-0.2, 0) is 16.1 Å². The van der Waals surface area contributed by atoms with Crippen molar-refractivity contribution in [3.8, 4) is 0 Å². The van der Waals surface area contributed by atoms with E-state index in [1.165, 1.54) is 0 Å². The molecule has 4 heteroatoms. The van der Waals surface area contributed by atoms with Crippen LogP contribution in [0.1, 0.15) is 47.1 Å². The third-order valence-electron chi connectivity index (χ3n) is 3.45. The summed E-state index contributed by atoms with van der Waals surface area (Å²) >= 11 is 0. The molecule has 0 bridgehead atoms. The smallest absolute Gasteiger partial charge is 0.335 e. The molecule has 1 aromatic rings. The van der Waals surface area contributed by atoms with E-state index >= 15 is 0 Å². The summed E-state index contributed by atoms with van der Waals surface area (Å²) in [6.45, 7) is 12.4. The number of allylic oxidation sites excluding steroid dienone is 1. The molecule has 3 N–H and O–H groups in total. The first-order valence-electron chi connectivity index (χ1n) is 8.11. The first kappa shape index (κ1) is 19.2. The number of hydrogen-bond donors (Lipinski definition) is 2. The molecule has 0 fully saturated rings. The number of carbonyl (C=O) groups excluding carboxylic acids is 1. The minimum absolute atomic E-state index is 0.0626. The van der Waals surface area contributed by atoms with Gasteiger partial charge in [-0.15, -0.1) is 0 Å². The van der Waals surface area contributed by atoms with Crippen molar-refractivity contribution in [1.82, 2.24) is 5.32 Å². The lowest BCUT2D eigenvalue weighted by molar-refractivity contribution is -0.150. The molecule has 0 aliphatic rings. The van der Waals surface area contributed by atoms with Crippen LogP contribution >= 0.6 is 0 Å². The number of ether oxygens (including phenoxy) is 1. The molecule has 1 aromatic carbocycles. The van der Waals surface area contributed by atoms with Gasteiger partial charge in [-0.1, -0.05) is 32.1 Å². The van der Waals surface area contributed by atoms with Crippen LogP contribution in [0.25, 0.3) is 0 Å². The first-order valence-corrected chi connectivity index (χ1v) is 8.11. The van der Waals surface area contributed by atoms with Crippen molar-refractivity contribution in [1.29, 1.82) is 0 Å². The lowest BCUT2D eigenvalue weighted by Gasteiger charge is -2.27. The molecule has 0 amide bonds. The molecule has 1 atom stereocenters. The molecule has 0 aromatic heterocycles. The highest BCUT2D eigenvalue weighted by atomic mass is 16.6. The zero-order valence-electron chi connectivity index (χ0n) is 15.1. The Labute approximate surface area is 140 Å². The molecule has 4 nitrogen and oxygen atoms in total. The Morgan fingerprint density at radius 2 is 1.83 bits per heavy atom. The number of anilines is 1. The molecule has 0 aliphatic carbocycles. The van der Waals surface area contributed by atoms with Crippen molar-refractivity contribution in [2.75, 3.05) is 5.73 Å². The summed E-state index contributed by atoms with van der Waals surface area (Å²) in [5.41, 5.74) is 7.76.